The average molecular weight is 219 g/mol. The molecule has 1 aromatic rings. The van der Waals surface area contributed by atoms with Crippen LogP contribution in [0.15, 0.2) is 35.2 Å². The summed E-state index contributed by atoms with van der Waals surface area (Å²) >= 11 is 7.23. The fourth-order valence-electron chi connectivity index (χ4n) is 0.428. The Morgan fingerprint density at radius 3 is 1.90 bits per heavy atom. The van der Waals surface area contributed by atoms with Crippen LogP contribution in [0.1, 0.15) is 6.92 Å². The van der Waals surface area contributed by atoms with E-state index in [1.54, 1.807) is 0 Å². The van der Waals surface area contributed by atoms with Crippen molar-refractivity contribution in [3.63, 3.8) is 0 Å². The molecule has 0 radical (unpaired) electrons. The Hall–Kier alpha value is 0.0500. The van der Waals surface area contributed by atoms with Crippen molar-refractivity contribution in [3.8, 4) is 0 Å². The predicted molar refractivity (Wildman–Crippen MR) is 53.2 cm³/mol. The van der Waals surface area contributed by atoms with Gasteiger partial charge in [-0.25, -0.2) is 0 Å². The molecule has 0 saturated carbocycles. The van der Waals surface area contributed by atoms with E-state index in [-0.39, 0.29) is 0 Å². The maximum absolute atomic E-state index is 4.08. The highest BCUT2D eigenvalue weighted by molar-refractivity contribution is 9.09. The molecule has 0 spiro atoms. The number of rotatable bonds is 0. The second-order valence-electron chi connectivity index (χ2n) is 1.60. The number of benzene rings is 1. The molecule has 0 unspecified atom stereocenters. The van der Waals surface area contributed by atoms with Crippen molar-refractivity contribution in [1.82, 2.24) is 0 Å². The summed E-state index contributed by atoms with van der Waals surface area (Å²) in [5.74, 6) is 0. The van der Waals surface area contributed by atoms with E-state index in [1.165, 1.54) is 0 Å². The molecule has 0 aromatic heterocycles. The second-order valence-corrected chi connectivity index (χ2v) is 3.24. The van der Waals surface area contributed by atoms with Crippen LogP contribution in [-0.4, -0.2) is 5.33 Å². The molecule has 0 N–H and O–H groups in total. The van der Waals surface area contributed by atoms with E-state index in [2.05, 4.69) is 28.6 Å². The highest BCUT2D eigenvalue weighted by Crippen LogP contribution is 2.00. The molecule has 0 amide bonds. The lowest BCUT2D eigenvalue weighted by Crippen LogP contribution is -1.56. The summed E-state index contributed by atoms with van der Waals surface area (Å²) in [6.07, 6.45) is 0. The lowest BCUT2D eigenvalue weighted by Gasteiger charge is -1.81. The van der Waals surface area contributed by atoms with E-state index >= 15 is 0 Å². The Labute approximate surface area is 76.2 Å². The summed E-state index contributed by atoms with van der Waals surface area (Å²) in [7, 11) is 0. The van der Waals surface area contributed by atoms with Crippen LogP contribution in [0, 0.1) is 0 Å². The van der Waals surface area contributed by atoms with Crippen LogP contribution in [0.2, 0.25) is 0 Å². The summed E-state index contributed by atoms with van der Waals surface area (Å²) in [5, 5.41) is 1.06. The van der Waals surface area contributed by atoms with Gasteiger partial charge in [0.25, 0.3) is 0 Å². The standard InChI is InChI=1S/C6H6S.C2H5Br/c7-6-4-2-1-3-5-6;1-2-3/h1-5,7H;2H2,1H3. The zero-order valence-corrected chi connectivity index (χ0v) is 8.40. The molecular formula is C8H11BrS. The van der Waals surface area contributed by atoms with Gasteiger partial charge in [0, 0.05) is 10.2 Å². The maximum Gasteiger partial charge on any atom is 0.00399 e. The Morgan fingerprint density at radius 2 is 1.70 bits per heavy atom. The van der Waals surface area contributed by atoms with Crippen molar-refractivity contribution in [2.45, 2.75) is 11.8 Å². The van der Waals surface area contributed by atoms with Crippen molar-refractivity contribution >= 4 is 28.6 Å². The highest BCUT2D eigenvalue weighted by Gasteiger charge is 1.73. The van der Waals surface area contributed by atoms with E-state index in [4.69, 9.17) is 0 Å². The van der Waals surface area contributed by atoms with E-state index < -0.39 is 0 Å². The first kappa shape index (κ1) is 10.0. The van der Waals surface area contributed by atoms with E-state index in [1.807, 2.05) is 37.3 Å². The fraction of sp³-hybridized carbons (Fsp3) is 0.250. The van der Waals surface area contributed by atoms with Gasteiger partial charge in [0.15, 0.2) is 0 Å². The molecule has 0 saturated heterocycles. The first-order valence-corrected chi connectivity index (χ1v) is 4.68. The van der Waals surface area contributed by atoms with Gasteiger partial charge in [-0.3, -0.25) is 0 Å². The van der Waals surface area contributed by atoms with Crippen molar-refractivity contribution < 1.29 is 0 Å². The number of alkyl halides is 1. The highest BCUT2D eigenvalue weighted by atomic mass is 79.9. The summed E-state index contributed by atoms with van der Waals surface area (Å²) < 4.78 is 0. The van der Waals surface area contributed by atoms with Crippen LogP contribution >= 0.6 is 28.6 Å². The smallest absolute Gasteiger partial charge is 0.00399 e. The average Bonchev–Trinajstić information content (AvgIpc) is 1.91. The van der Waals surface area contributed by atoms with Gasteiger partial charge in [-0.05, 0) is 12.1 Å². The Balaban J connectivity index is 0.000000236. The molecule has 0 nitrogen and oxygen atoms in total. The Bertz CT molecular complexity index is 151. The molecular weight excluding hydrogens is 208 g/mol. The first-order chi connectivity index (χ1) is 4.81. The van der Waals surface area contributed by atoms with Crippen LogP contribution in [-0.2, 0) is 0 Å². The first-order valence-electron chi connectivity index (χ1n) is 3.11. The SMILES string of the molecule is CCBr.Sc1ccccc1. The van der Waals surface area contributed by atoms with E-state index in [0.717, 1.165) is 10.2 Å². The third-order valence-electron chi connectivity index (χ3n) is 0.756. The van der Waals surface area contributed by atoms with Crippen LogP contribution in [0.4, 0.5) is 0 Å². The lowest BCUT2D eigenvalue weighted by molar-refractivity contribution is 1.48. The van der Waals surface area contributed by atoms with Gasteiger partial charge >= 0.3 is 0 Å². The van der Waals surface area contributed by atoms with E-state index in [0.29, 0.717) is 0 Å². The number of hydrogen-bond acceptors (Lipinski definition) is 1. The Kier molecular flexibility index (Phi) is 7.20. The summed E-state index contributed by atoms with van der Waals surface area (Å²) in [4.78, 5) is 1.02. The zero-order valence-electron chi connectivity index (χ0n) is 5.92. The van der Waals surface area contributed by atoms with Gasteiger partial charge in [-0.1, -0.05) is 41.1 Å². The summed E-state index contributed by atoms with van der Waals surface area (Å²) in [6.45, 7) is 2.04. The van der Waals surface area contributed by atoms with Gasteiger partial charge in [-0.15, -0.1) is 12.6 Å². The largest absolute Gasteiger partial charge is 0.143 e. The normalized spacial score (nSPS) is 7.90. The van der Waals surface area contributed by atoms with Crippen molar-refractivity contribution in [2.24, 2.45) is 0 Å². The molecule has 2 heteroatoms. The molecule has 0 aliphatic rings. The molecule has 0 bridgehead atoms. The lowest BCUT2D eigenvalue weighted by atomic mass is 10.4. The summed E-state index contributed by atoms with van der Waals surface area (Å²) in [5.41, 5.74) is 0. The van der Waals surface area contributed by atoms with Crippen LogP contribution in [0.5, 0.6) is 0 Å². The van der Waals surface area contributed by atoms with Crippen LogP contribution in [0.25, 0.3) is 0 Å². The number of thiol groups is 1. The molecule has 0 aliphatic carbocycles. The summed E-state index contributed by atoms with van der Waals surface area (Å²) in [6, 6.07) is 9.79. The van der Waals surface area contributed by atoms with Crippen molar-refractivity contribution in [2.75, 3.05) is 5.33 Å². The molecule has 0 heterocycles. The molecule has 0 aliphatic heterocycles. The monoisotopic (exact) mass is 218 g/mol. The predicted octanol–water partition coefficient (Wildman–Crippen LogP) is 3.38. The van der Waals surface area contributed by atoms with Gasteiger partial charge in [-0.2, -0.15) is 0 Å². The maximum atomic E-state index is 4.08. The van der Waals surface area contributed by atoms with Crippen molar-refractivity contribution in [3.05, 3.63) is 30.3 Å². The van der Waals surface area contributed by atoms with Gasteiger partial charge in [0.2, 0.25) is 0 Å². The minimum absolute atomic E-state index is 1.02. The third kappa shape index (κ3) is 6.17. The van der Waals surface area contributed by atoms with Gasteiger partial charge < -0.3 is 0 Å². The molecule has 10 heavy (non-hydrogen) atoms. The Morgan fingerprint density at radius 1 is 1.30 bits per heavy atom. The molecule has 0 atom stereocenters. The fourth-order valence-corrected chi connectivity index (χ4v) is 0.600. The quantitative estimate of drug-likeness (QED) is 0.502. The van der Waals surface area contributed by atoms with Crippen LogP contribution < -0.4 is 0 Å². The van der Waals surface area contributed by atoms with Crippen LogP contribution in [0.3, 0.4) is 0 Å². The topological polar surface area (TPSA) is 0 Å². The van der Waals surface area contributed by atoms with Crippen molar-refractivity contribution in [1.29, 1.82) is 0 Å². The molecule has 56 valence electrons. The minimum Gasteiger partial charge on any atom is -0.143 e. The zero-order chi connectivity index (χ0) is 7.82. The van der Waals surface area contributed by atoms with Gasteiger partial charge in [0.1, 0.15) is 0 Å². The third-order valence-corrected chi connectivity index (χ3v) is 1.05. The second kappa shape index (κ2) is 7.16. The molecule has 0 fully saturated rings. The van der Waals surface area contributed by atoms with E-state index in [9.17, 15) is 0 Å². The number of halogens is 1. The number of hydrogen-bond donors (Lipinski definition) is 1. The minimum atomic E-state index is 1.02. The van der Waals surface area contributed by atoms with Gasteiger partial charge in [0.05, 0.1) is 0 Å². The molecule has 1 aromatic carbocycles. The molecule has 1 rings (SSSR count).